The maximum absolute atomic E-state index is 6.06. The smallest absolute Gasteiger partial charge is 0.236 e. The van der Waals surface area contributed by atoms with Crippen molar-refractivity contribution >= 4 is 29.0 Å². The summed E-state index contributed by atoms with van der Waals surface area (Å²) in [6.45, 7) is 3.77. The third-order valence-electron chi connectivity index (χ3n) is 3.71. The third kappa shape index (κ3) is 4.76. The van der Waals surface area contributed by atoms with Crippen molar-refractivity contribution in [2.24, 2.45) is 5.92 Å². The summed E-state index contributed by atoms with van der Waals surface area (Å²) in [5.74, 6) is 1.50. The molecule has 0 aliphatic rings. The van der Waals surface area contributed by atoms with Gasteiger partial charge in [-0.05, 0) is 32.5 Å². The first kappa shape index (κ1) is 19.6. The van der Waals surface area contributed by atoms with Crippen molar-refractivity contribution in [3.05, 3.63) is 24.3 Å². The van der Waals surface area contributed by atoms with Gasteiger partial charge in [0.05, 0.1) is 12.2 Å². The molecule has 2 heterocycles. The summed E-state index contributed by atoms with van der Waals surface area (Å²) in [6, 6.07) is 7.85. The molecule has 8 nitrogen and oxygen atoms in total. The fraction of sp³-hybridized carbons (Fsp3) is 0.412. The van der Waals surface area contributed by atoms with Gasteiger partial charge in [-0.1, -0.05) is 42.2 Å². The van der Waals surface area contributed by atoms with Crippen LogP contribution in [0.5, 0.6) is 5.75 Å². The van der Waals surface area contributed by atoms with Gasteiger partial charge in [0.25, 0.3) is 0 Å². The van der Waals surface area contributed by atoms with Gasteiger partial charge in [-0.15, -0.1) is 15.3 Å². The number of benzene rings is 1. The van der Waals surface area contributed by atoms with E-state index in [2.05, 4.69) is 46.2 Å². The summed E-state index contributed by atoms with van der Waals surface area (Å²) in [5, 5.41) is 14.8. The summed E-state index contributed by atoms with van der Waals surface area (Å²) >= 11 is 2.82. The molecule has 3 rings (SSSR count). The van der Waals surface area contributed by atoms with Crippen molar-refractivity contribution < 1.29 is 4.74 Å². The second-order valence-corrected chi connectivity index (χ2v) is 8.16. The topological polar surface area (TPSA) is 95.0 Å². The number of thioether (sulfide) groups is 1. The molecule has 0 aliphatic carbocycles. The quantitative estimate of drug-likeness (QED) is 0.572. The number of rotatable bonds is 8. The number of hydrogen-bond donors (Lipinski definition) is 1. The van der Waals surface area contributed by atoms with Crippen molar-refractivity contribution in [1.82, 2.24) is 29.9 Å². The van der Waals surface area contributed by atoms with E-state index < -0.39 is 0 Å². The van der Waals surface area contributed by atoms with Gasteiger partial charge in [-0.3, -0.25) is 0 Å². The molecule has 0 aliphatic heterocycles. The lowest BCUT2D eigenvalue weighted by atomic mass is 10.2. The highest BCUT2D eigenvalue weighted by atomic mass is 32.2. The Morgan fingerprint density at radius 2 is 2.07 bits per heavy atom. The van der Waals surface area contributed by atoms with Crippen LogP contribution in [-0.2, 0) is 0 Å². The van der Waals surface area contributed by atoms with Crippen LogP contribution >= 0.6 is 23.1 Å². The van der Waals surface area contributed by atoms with E-state index in [4.69, 9.17) is 10.5 Å². The largest absolute Gasteiger partial charge is 0.493 e. The average Bonchev–Trinajstić information content (AvgIpc) is 3.26. The Balaban J connectivity index is 1.81. The first-order valence-corrected chi connectivity index (χ1v) is 10.5. The zero-order chi connectivity index (χ0) is 19.4. The Kier molecular flexibility index (Phi) is 6.30. The minimum atomic E-state index is 0.295. The maximum atomic E-state index is 6.06. The van der Waals surface area contributed by atoms with Crippen LogP contribution in [0.1, 0.15) is 6.92 Å². The average molecular weight is 406 g/mol. The minimum Gasteiger partial charge on any atom is -0.493 e. The zero-order valence-electron chi connectivity index (χ0n) is 15.8. The van der Waals surface area contributed by atoms with Crippen LogP contribution in [-0.4, -0.2) is 63.4 Å². The van der Waals surface area contributed by atoms with Crippen molar-refractivity contribution in [3.8, 4) is 21.5 Å². The molecule has 1 aromatic carbocycles. The molecular weight excluding hydrogens is 382 g/mol. The molecule has 27 heavy (non-hydrogen) atoms. The van der Waals surface area contributed by atoms with E-state index in [0.717, 1.165) is 22.9 Å². The third-order valence-corrected chi connectivity index (χ3v) is 5.18. The molecule has 0 radical (unpaired) electrons. The predicted octanol–water partition coefficient (Wildman–Crippen LogP) is 2.67. The highest BCUT2D eigenvalue weighted by Gasteiger charge is 2.17. The maximum Gasteiger partial charge on any atom is 0.236 e. The van der Waals surface area contributed by atoms with Crippen molar-refractivity contribution in [1.29, 1.82) is 0 Å². The zero-order valence-corrected chi connectivity index (χ0v) is 17.4. The van der Waals surface area contributed by atoms with E-state index in [1.807, 2.05) is 30.5 Å². The molecule has 2 N–H and O–H groups in total. The van der Waals surface area contributed by atoms with Gasteiger partial charge < -0.3 is 15.4 Å². The van der Waals surface area contributed by atoms with Crippen LogP contribution in [0.15, 0.2) is 29.4 Å². The molecule has 144 valence electrons. The van der Waals surface area contributed by atoms with Crippen LogP contribution in [0.3, 0.4) is 0 Å². The number of aromatic nitrogens is 5. The summed E-state index contributed by atoms with van der Waals surface area (Å²) < 4.78 is 7.57. The van der Waals surface area contributed by atoms with E-state index in [9.17, 15) is 0 Å². The Labute approximate surface area is 166 Å². The molecule has 0 spiro atoms. The highest BCUT2D eigenvalue weighted by Crippen LogP contribution is 2.33. The van der Waals surface area contributed by atoms with E-state index >= 15 is 0 Å². The molecule has 2 aromatic heterocycles. The van der Waals surface area contributed by atoms with Gasteiger partial charge in [-0.2, -0.15) is 9.67 Å². The minimum absolute atomic E-state index is 0.295. The molecule has 0 saturated carbocycles. The van der Waals surface area contributed by atoms with Crippen LogP contribution in [0.4, 0.5) is 5.95 Å². The number of para-hydroxylation sites is 1. The SMILES string of the molecule is CSc1nc(N)n(-c2nnc(-c3ccccc3OCC(C)CN(C)C)s2)n1. The molecule has 10 heteroatoms. The highest BCUT2D eigenvalue weighted by molar-refractivity contribution is 7.98. The number of anilines is 1. The summed E-state index contributed by atoms with van der Waals surface area (Å²) in [5.41, 5.74) is 6.84. The van der Waals surface area contributed by atoms with Crippen LogP contribution < -0.4 is 10.5 Å². The second kappa shape index (κ2) is 8.68. The van der Waals surface area contributed by atoms with E-state index in [1.54, 1.807) is 0 Å². The Morgan fingerprint density at radius 3 is 2.78 bits per heavy atom. The van der Waals surface area contributed by atoms with E-state index in [0.29, 0.717) is 28.8 Å². The van der Waals surface area contributed by atoms with Crippen molar-refractivity contribution in [3.63, 3.8) is 0 Å². The van der Waals surface area contributed by atoms with Gasteiger partial charge in [0, 0.05) is 12.5 Å². The molecule has 3 aromatic rings. The first-order chi connectivity index (χ1) is 13.0. The monoisotopic (exact) mass is 405 g/mol. The number of nitrogens with two attached hydrogens (primary N) is 1. The summed E-state index contributed by atoms with van der Waals surface area (Å²) in [4.78, 5) is 6.34. The molecule has 0 amide bonds. The fourth-order valence-electron chi connectivity index (χ4n) is 2.62. The summed E-state index contributed by atoms with van der Waals surface area (Å²) in [7, 11) is 4.12. The molecule has 0 bridgehead atoms. The van der Waals surface area contributed by atoms with Gasteiger partial charge in [-0.25, -0.2) is 0 Å². The summed E-state index contributed by atoms with van der Waals surface area (Å²) in [6.07, 6.45) is 1.90. The predicted molar refractivity (Wildman–Crippen MR) is 110 cm³/mol. The number of ether oxygens (including phenoxy) is 1. The lowest BCUT2D eigenvalue weighted by Crippen LogP contribution is -2.24. The van der Waals surface area contributed by atoms with Gasteiger partial charge >= 0.3 is 0 Å². The Morgan fingerprint density at radius 1 is 1.30 bits per heavy atom. The Hall–Kier alpha value is -2.17. The molecule has 0 fully saturated rings. The number of nitrogen functional groups attached to an aromatic ring is 1. The van der Waals surface area contributed by atoms with Crippen LogP contribution in [0.25, 0.3) is 15.7 Å². The molecule has 0 saturated heterocycles. The lowest BCUT2D eigenvalue weighted by Gasteiger charge is -2.18. The van der Waals surface area contributed by atoms with Gasteiger partial charge in [0.2, 0.25) is 16.2 Å². The first-order valence-electron chi connectivity index (χ1n) is 8.45. The van der Waals surface area contributed by atoms with Gasteiger partial charge in [0.1, 0.15) is 5.75 Å². The molecule has 1 atom stereocenters. The normalized spacial score (nSPS) is 12.5. The molecular formula is C17H23N7OS2. The van der Waals surface area contributed by atoms with E-state index in [-0.39, 0.29) is 0 Å². The van der Waals surface area contributed by atoms with Crippen molar-refractivity contribution in [2.45, 2.75) is 12.1 Å². The standard InChI is InChI=1S/C17H23N7OS2/c1-11(9-23(2)3)10-25-13-8-6-5-7-12(13)14-20-21-17(27-14)24-15(18)19-16(22-24)26-4/h5-8,11H,9-10H2,1-4H3,(H2,18,19,22). The fourth-order valence-corrected chi connectivity index (χ4v) is 3.80. The van der Waals surface area contributed by atoms with Crippen LogP contribution in [0, 0.1) is 5.92 Å². The van der Waals surface area contributed by atoms with Crippen LogP contribution in [0.2, 0.25) is 0 Å². The number of hydrogen-bond acceptors (Lipinski definition) is 9. The van der Waals surface area contributed by atoms with E-state index in [1.165, 1.54) is 27.8 Å². The lowest BCUT2D eigenvalue weighted by molar-refractivity contribution is 0.223. The Bertz CT molecular complexity index is 893. The molecule has 1 unspecified atom stereocenters. The van der Waals surface area contributed by atoms with Gasteiger partial charge in [0.15, 0.2) is 5.01 Å². The number of nitrogens with zero attached hydrogens (tertiary/aromatic N) is 6. The van der Waals surface area contributed by atoms with Crippen molar-refractivity contribution in [2.75, 3.05) is 39.2 Å². The second-order valence-electron chi connectivity index (χ2n) is 6.43.